The topological polar surface area (TPSA) is 32.3 Å². The number of hydrogen-bond acceptors (Lipinski definition) is 2. The highest BCUT2D eigenvalue weighted by Crippen LogP contribution is 2.36. The Bertz CT molecular complexity index is 658. The molecule has 0 heterocycles. The number of hydrogen-bond donors (Lipinski definition) is 2. The molecular formula is C14H10ClF4NO. The van der Waals surface area contributed by atoms with Gasteiger partial charge < -0.3 is 10.4 Å². The van der Waals surface area contributed by atoms with Gasteiger partial charge in [-0.3, -0.25) is 0 Å². The van der Waals surface area contributed by atoms with Crippen molar-refractivity contribution < 1.29 is 22.7 Å². The molecule has 0 bridgehead atoms. The molecule has 0 saturated carbocycles. The van der Waals surface area contributed by atoms with Gasteiger partial charge in [0.25, 0.3) is 0 Å². The molecule has 112 valence electrons. The minimum Gasteiger partial charge on any atom is -0.508 e. The fourth-order valence-corrected chi connectivity index (χ4v) is 1.96. The first-order valence-corrected chi connectivity index (χ1v) is 6.23. The fraction of sp³-hybridized carbons (Fsp3) is 0.143. The summed E-state index contributed by atoms with van der Waals surface area (Å²) in [4.78, 5) is 0. The standard InChI is InChI=1S/C14H10ClF4NO/c15-9-1-3-12(11(6-9)14(17,18)19)20-7-8-5-10(16)2-4-13(8)21/h1-6,20-21H,7H2. The fourth-order valence-electron chi connectivity index (χ4n) is 1.79. The number of aromatic hydroxyl groups is 1. The zero-order valence-electron chi connectivity index (χ0n) is 10.5. The number of halogens is 5. The molecule has 2 rings (SSSR count). The number of rotatable bonds is 3. The van der Waals surface area contributed by atoms with Crippen LogP contribution in [0.2, 0.25) is 5.02 Å². The minimum atomic E-state index is -4.57. The molecule has 2 aromatic carbocycles. The van der Waals surface area contributed by atoms with E-state index in [4.69, 9.17) is 11.6 Å². The SMILES string of the molecule is Oc1ccc(F)cc1CNc1ccc(Cl)cc1C(F)(F)F. The second-order valence-electron chi connectivity index (χ2n) is 4.31. The molecule has 2 nitrogen and oxygen atoms in total. The summed E-state index contributed by atoms with van der Waals surface area (Å²) in [5.41, 5.74) is -0.973. The Balaban J connectivity index is 2.26. The zero-order chi connectivity index (χ0) is 15.6. The first kappa shape index (κ1) is 15.4. The van der Waals surface area contributed by atoms with Crippen molar-refractivity contribution in [1.82, 2.24) is 0 Å². The van der Waals surface area contributed by atoms with Crippen molar-refractivity contribution in [2.24, 2.45) is 0 Å². The molecule has 21 heavy (non-hydrogen) atoms. The maximum absolute atomic E-state index is 13.1. The summed E-state index contributed by atoms with van der Waals surface area (Å²) in [7, 11) is 0. The lowest BCUT2D eigenvalue weighted by Gasteiger charge is -2.15. The summed E-state index contributed by atoms with van der Waals surface area (Å²) in [6.07, 6.45) is -4.57. The Hall–Kier alpha value is -1.95. The molecule has 0 atom stereocenters. The summed E-state index contributed by atoms with van der Waals surface area (Å²) >= 11 is 5.57. The van der Waals surface area contributed by atoms with E-state index in [0.717, 1.165) is 24.3 Å². The lowest BCUT2D eigenvalue weighted by atomic mass is 10.1. The van der Waals surface area contributed by atoms with Gasteiger partial charge in [-0.1, -0.05) is 11.6 Å². The van der Waals surface area contributed by atoms with Gasteiger partial charge in [-0.05, 0) is 36.4 Å². The van der Waals surface area contributed by atoms with Gasteiger partial charge in [0.1, 0.15) is 11.6 Å². The van der Waals surface area contributed by atoms with Crippen molar-refractivity contribution in [2.45, 2.75) is 12.7 Å². The first-order chi connectivity index (χ1) is 9.77. The lowest BCUT2D eigenvalue weighted by Crippen LogP contribution is -2.11. The van der Waals surface area contributed by atoms with Crippen LogP contribution >= 0.6 is 11.6 Å². The third kappa shape index (κ3) is 3.78. The number of alkyl halides is 3. The molecule has 7 heteroatoms. The average Bonchev–Trinajstić information content (AvgIpc) is 2.40. The molecule has 0 fully saturated rings. The Morgan fingerprint density at radius 2 is 1.81 bits per heavy atom. The van der Waals surface area contributed by atoms with Crippen LogP contribution in [0.3, 0.4) is 0 Å². The van der Waals surface area contributed by atoms with Crippen molar-refractivity contribution in [2.75, 3.05) is 5.32 Å². The molecule has 2 N–H and O–H groups in total. The van der Waals surface area contributed by atoms with Crippen molar-refractivity contribution in [1.29, 1.82) is 0 Å². The van der Waals surface area contributed by atoms with E-state index in [1.54, 1.807) is 0 Å². The summed E-state index contributed by atoms with van der Waals surface area (Å²) in [5, 5.41) is 12.0. The molecule has 2 aromatic rings. The van der Waals surface area contributed by atoms with Gasteiger partial charge >= 0.3 is 6.18 Å². The van der Waals surface area contributed by atoms with E-state index in [1.165, 1.54) is 12.1 Å². The maximum atomic E-state index is 13.1. The summed E-state index contributed by atoms with van der Waals surface area (Å²) in [5.74, 6) is -0.789. The number of benzene rings is 2. The zero-order valence-corrected chi connectivity index (χ0v) is 11.3. The normalized spacial score (nSPS) is 11.5. The molecule has 0 amide bonds. The van der Waals surface area contributed by atoms with Gasteiger partial charge in [0.2, 0.25) is 0 Å². The van der Waals surface area contributed by atoms with Crippen LogP contribution < -0.4 is 5.32 Å². The van der Waals surface area contributed by atoms with Gasteiger partial charge in [0.15, 0.2) is 0 Å². The third-order valence-corrected chi connectivity index (χ3v) is 3.03. The first-order valence-electron chi connectivity index (χ1n) is 5.85. The van der Waals surface area contributed by atoms with E-state index in [2.05, 4.69) is 5.32 Å². The lowest BCUT2D eigenvalue weighted by molar-refractivity contribution is -0.136. The van der Waals surface area contributed by atoms with Crippen molar-refractivity contribution in [3.8, 4) is 5.75 Å². The highest BCUT2D eigenvalue weighted by Gasteiger charge is 2.33. The van der Waals surface area contributed by atoms with Gasteiger partial charge in [-0.25, -0.2) is 4.39 Å². The number of phenols is 1. The van der Waals surface area contributed by atoms with Gasteiger partial charge in [0, 0.05) is 22.8 Å². The molecule has 0 aliphatic rings. The monoisotopic (exact) mass is 319 g/mol. The van der Waals surface area contributed by atoms with Crippen LogP contribution in [-0.4, -0.2) is 5.11 Å². The Labute approximate surface area is 123 Å². The van der Waals surface area contributed by atoms with Crippen molar-refractivity contribution in [3.63, 3.8) is 0 Å². The minimum absolute atomic E-state index is 0.0403. The van der Waals surface area contributed by atoms with Crippen LogP contribution in [0, 0.1) is 5.82 Å². The largest absolute Gasteiger partial charge is 0.508 e. The molecule has 0 saturated heterocycles. The molecule has 0 aromatic heterocycles. The number of phenolic OH excluding ortho intramolecular Hbond substituents is 1. The Morgan fingerprint density at radius 3 is 2.48 bits per heavy atom. The smallest absolute Gasteiger partial charge is 0.418 e. The predicted octanol–water partition coefficient (Wildman–Crippen LogP) is 4.82. The van der Waals surface area contributed by atoms with E-state index < -0.39 is 17.6 Å². The maximum Gasteiger partial charge on any atom is 0.418 e. The second kappa shape index (κ2) is 5.81. The van der Waals surface area contributed by atoms with Gasteiger partial charge in [-0.2, -0.15) is 13.2 Å². The van der Waals surface area contributed by atoms with Crippen LogP contribution in [0.1, 0.15) is 11.1 Å². The van der Waals surface area contributed by atoms with Gasteiger partial charge in [0.05, 0.1) is 5.56 Å². The summed E-state index contributed by atoms with van der Waals surface area (Å²) < 4.78 is 51.7. The van der Waals surface area contributed by atoms with E-state index in [9.17, 15) is 22.7 Å². The second-order valence-corrected chi connectivity index (χ2v) is 4.75. The van der Waals surface area contributed by atoms with Gasteiger partial charge in [-0.15, -0.1) is 0 Å². The van der Waals surface area contributed by atoms with Crippen LogP contribution in [0.25, 0.3) is 0 Å². The molecule has 0 spiro atoms. The number of nitrogens with one attached hydrogen (secondary N) is 1. The van der Waals surface area contributed by atoms with Crippen LogP contribution in [-0.2, 0) is 12.7 Å². The molecule has 0 aliphatic carbocycles. The molecular weight excluding hydrogens is 310 g/mol. The van der Waals surface area contributed by atoms with Crippen molar-refractivity contribution in [3.05, 3.63) is 58.4 Å². The average molecular weight is 320 g/mol. The van der Waals surface area contributed by atoms with E-state index >= 15 is 0 Å². The highest BCUT2D eigenvalue weighted by atomic mass is 35.5. The van der Waals surface area contributed by atoms with Crippen LogP contribution in [0.15, 0.2) is 36.4 Å². The van der Waals surface area contributed by atoms with Crippen LogP contribution in [0.5, 0.6) is 5.75 Å². The van der Waals surface area contributed by atoms with Crippen LogP contribution in [0.4, 0.5) is 23.2 Å². The molecule has 0 unspecified atom stereocenters. The Morgan fingerprint density at radius 1 is 1.10 bits per heavy atom. The molecule has 0 aliphatic heterocycles. The van der Waals surface area contributed by atoms with E-state index in [-0.39, 0.29) is 28.6 Å². The molecule has 0 radical (unpaired) electrons. The highest BCUT2D eigenvalue weighted by molar-refractivity contribution is 6.30. The quantitative estimate of drug-likeness (QED) is 0.795. The third-order valence-electron chi connectivity index (χ3n) is 2.80. The summed E-state index contributed by atoms with van der Waals surface area (Å²) in [6.45, 7) is -0.158. The predicted molar refractivity (Wildman–Crippen MR) is 71.8 cm³/mol. The summed E-state index contributed by atoms with van der Waals surface area (Å²) in [6, 6.07) is 6.54. The van der Waals surface area contributed by atoms with Crippen molar-refractivity contribution >= 4 is 17.3 Å². The van der Waals surface area contributed by atoms with E-state index in [1.807, 2.05) is 0 Å². The van der Waals surface area contributed by atoms with E-state index in [0.29, 0.717) is 0 Å². The Kier molecular flexibility index (Phi) is 4.27. The number of anilines is 1.